The maximum absolute atomic E-state index is 11.9. The van der Waals surface area contributed by atoms with Crippen LogP contribution in [0.15, 0.2) is 0 Å². The van der Waals surface area contributed by atoms with Gasteiger partial charge in [-0.05, 0) is 39.5 Å². The van der Waals surface area contributed by atoms with E-state index in [1.165, 1.54) is 24.2 Å². The van der Waals surface area contributed by atoms with Gasteiger partial charge in [0.2, 0.25) is 0 Å². The number of nitrogens with zero attached hydrogens (tertiary/aromatic N) is 1. The van der Waals surface area contributed by atoms with Gasteiger partial charge in [0, 0.05) is 12.0 Å². The number of carbonyl (C=O) groups excluding carboxylic acids is 1. The number of amides is 1. The fraction of sp³-hybridized carbons (Fsp3) is 0.882. The Morgan fingerprint density at radius 3 is 2.36 bits per heavy atom. The lowest BCUT2D eigenvalue weighted by Gasteiger charge is -2.43. The standard InChI is InChI=1S/C17H29NO4/c1-17(2,3)18(16(20)21)13(14-9-10-15(19)22-14)11-12-7-5-4-6-8-12/h12-14H,4-11H2,1-3H3,(H,20,21). The molecule has 1 heterocycles. The van der Waals surface area contributed by atoms with Crippen LogP contribution in [0.25, 0.3) is 0 Å². The first-order chi connectivity index (χ1) is 10.3. The van der Waals surface area contributed by atoms with E-state index < -0.39 is 11.6 Å². The fourth-order valence-electron chi connectivity index (χ4n) is 3.93. The minimum atomic E-state index is -0.920. The summed E-state index contributed by atoms with van der Waals surface area (Å²) in [5, 5.41) is 9.72. The van der Waals surface area contributed by atoms with Crippen molar-refractivity contribution in [2.75, 3.05) is 0 Å². The molecule has 2 fully saturated rings. The van der Waals surface area contributed by atoms with Crippen molar-refractivity contribution in [2.24, 2.45) is 5.92 Å². The number of esters is 1. The molecular weight excluding hydrogens is 282 g/mol. The van der Waals surface area contributed by atoms with Gasteiger partial charge in [-0.3, -0.25) is 9.69 Å². The molecule has 0 radical (unpaired) electrons. The minimum absolute atomic E-state index is 0.196. The van der Waals surface area contributed by atoms with Crippen LogP contribution in [0.2, 0.25) is 0 Å². The predicted octanol–water partition coefficient (Wildman–Crippen LogP) is 3.81. The molecule has 22 heavy (non-hydrogen) atoms. The summed E-state index contributed by atoms with van der Waals surface area (Å²) < 4.78 is 5.45. The van der Waals surface area contributed by atoms with Gasteiger partial charge < -0.3 is 9.84 Å². The molecule has 1 amide bonds. The Balaban J connectivity index is 2.18. The van der Waals surface area contributed by atoms with E-state index in [1.807, 2.05) is 20.8 Å². The van der Waals surface area contributed by atoms with Crippen molar-refractivity contribution in [3.05, 3.63) is 0 Å². The van der Waals surface area contributed by atoms with Crippen LogP contribution in [0, 0.1) is 5.92 Å². The highest BCUT2D eigenvalue weighted by atomic mass is 16.6. The average Bonchev–Trinajstić information content (AvgIpc) is 2.84. The first kappa shape index (κ1) is 17.1. The Morgan fingerprint density at radius 2 is 1.91 bits per heavy atom. The van der Waals surface area contributed by atoms with Gasteiger partial charge in [0.15, 0.2) is 0 Å². The molecule has 2 unspecified atom stereocenters. The van der Waals surface area contributed by atoms with Crippen LogP contribution in [-0.2, 0) is 9.53 Å². The van der Waals surface area contributed by atoms with E-state index in [0.717, 1.165) is 19.3 Å². The molecule has 0 aromatic heterocycles. The lowest BCUT2D eigenvalue weighted by molar-refractivity contribution is -0.144. The summed E-state index contributed by atoms with van der Waals surface area (Å²) in [6.45, 7) is 5.73. The quantitative estimate of drug-likeness (QED) is 0.802. The van der Waals surface area contributed by atoms with Crippen LogP contribution >= 0.6 is 0 Å². The lowest BCUT2D eigenvalue weighted by atomic mass is 9.82. The van der Waals surface area contributed by atoms with Gasteiger partial charge in [-0.25, -0.2) is 4.79 Å². The van der Waals surface area contributed by atoms with Crippen molar-refractivity contribution >= 4 is 12.1 Å². The number of rotatable bonds is 4. The highest BCUT2D eigenvalue weighted by Gasteiger charge is 2.42. The minimum Gasteiger partial charge on any atom is -0.465 e. The smallest absolute Gasteiger partial charge is 0.408 e. The summed E-state index contributed by atoms with van der Waals surface area (Å²) in [5.74, 6) is 0.347. The predicted molar refractivity (Wildman–Crippen MR) is 83.7 cm³/mol. The molecule has 2 aliphatic rings. The summed E-state index contributed by atoms with van der Waals surface area (Å²) in [6.07, 6.45) is 6.70. The third-order valence-corrected chi connectivity index (χ3v) is 4.90. The zero-order chi connectivity index (χ0) is 16.3. The molecule has 0 aromatic carbocycles. The normalized spacial score (nSPS) is 24.9. The van der Waals surface area contributed by atoms with Crippen molar-refractivity contribution in [1.82, 2.24) is 4.90 Å². The average molecular weight is 311 g/mol. The molecule has 0 spiro atoms. The van der Waals surface area contributed by atoms with Crippen molar-refractivity contribution in [3.8, 4) is 0 Å². The van der Waals surface area contributed by atoms with Crippen LogP contribution in [-0.4, -0.2) is 39.8 Å². The fourth-order valence-corrected chi connectivity index (χ4v) is 3.93. The van der Waals surface area contributed by atoms with Gasteiger partial charge in [-0.15, -0.1) is 0 Å². The zero-order valence-corrected chi connectivity index (χ0v) is 14.0. The zero-order valence-electron chi connectivity index (χ0n) is 14.0. The van der Waals surface area contributed by atoms with Crippen LogP contribution in [0.1, 0.15) is 72.1 Å². The topological polar surface area (TPSA) is 66.8 Å². The Kier molecular flexibility index (Phi) is 5.35. The summed E-state index contributed by atoms with van der Waals surface area (Å²) in [6, 6.07) is -0.230. The van der Waals surface area contributed by atoms with E-state index >= 15 is 0 Å². The highest BCUT2D eigenvalue weighted by molar-refractivity contribution is 5.72. The Morgan fingerprint density at radius 1 is 1.27 bits per heavy atom. The second kappa shape index (κ2) is 6.88. The van der Waals surface area contributed by atoms with E-state index in [1.54, 1.807) is 0 Å². The summed E-state index contributed by atoms with van der Waals surface area (Å²) in [7, 11) is 0. The Hall–Kier alpha value is -1.26. The van der Waals surface area contributed by atoms with Gasteiger partial charge >= 0.3 is 12.1 Å². The van der Waals surface area contributed by atoms with E-state index in [2.05, 4.69) is 0 Å². The molecule has 1 aliphatic heterocycles. The molecule has 2 atom stereocenters. The van der Waals surface area contributed by atoms with Crippen molar-refractivity contribution in [1.29, 1.82) is 0 Å². The van der Waals surface area contributed by atoms with Gasteiger partial charge in [-0.2, -0.15) is 0 Å². The van der Waals surface area contributed by atoms with Crippen molar-refractivity contribution in [2.45, 2.75) is 89.8 Å². The Labute approximate surface area is 133 Å². The largest absolute Gasteiger partial charge is 0.465 e. The van der Waals surface area contributed by atoms with E-state index in [9.17, 15) is 14.7 Å². The number of cyclic esters (lactones) is 1. The Bertz CT molecular complexity index is 409. The molecule has 1 N–H and O–H groups in total. The first-order valence-electron chi connectivity index (χ1n) is 8.51. The molecule has 1 saturated heterocycles. The third kappa shape index (κ3) is 4.14. The maximum Gasteiger partial charge on any atom is 0.408 e. The lowest BCUT2D eigenvalue weighted by Crippen LogP contribution is -2.56. The maximum atomic E-state index is 11.9. The van der Waals surface area contributed by atoms with E-state index in [4.69, 9.17) is 4.74 Å². The van der Waals surface area contributed by atoms with E-state index in [-0.39, 0.29) is 18.1 Å². The monoisotopic (exact) mass is 311 g/mol. The molecular formula is C17H29NO4. The molecule has 5 nitrogen and oxygen atoms in total. The number of hydrogen-bond acceptors (Lipinski definition) is 3. The van der Waals surface area contributed by atoms with Gasteiger partial charge in [0.05, 0.1) is 6.04 Å². The molecule has 1 saturated carbocycles. The number of hydrogen-bond donors (Lipinski definition) is 1. The van der Waals surface area contributed by atoms with Gasteiger partial charge in [0.25, 0.3) is 0 Å². The van der Waals surface area contributed by atoms with Crippen LogP contribution in [0.4, 0.5) is 4.79 Å². The second-order valence-corrected chi connectivity index (χ2v) is 7.70. The highest BCUT2D eigenvalue weighted by Crippen LogP contribution is 2.35. The number of carboxylic acid groups (broad SMARTS) is 1. The molecule has 0 bridgehead atoms. The SMILES string of the molecule is CC(C)(C)N(C(=O)O)C(CC1CCCCC1)C1CCC(=O)O1. The van der Waals surface area contributed by atoms with E-state index in [0.29, 0.717) is 18.8 Å². The van der Waals surface area contributed by atoms with Crippen LogP contribution in [0.3, 0.4) is 0 Å². The second-order valence-electron chi connectivity index (χ2n) is 7.70. The van der Waals surface area contributed by atoms with Crippen LogP contribution < -0.4 is 0 Å². The third-order valence-electron chi connectivity index (χ3n) is 4.90. The van der Waals surface area contributed by atoms with Crippen LogP contribution in [0.5, 0.6) is 0 Å². The van der Waals surface area contributed by atoms with Gasteiger partial charge in [-0.1, -0.05) is 32.1 Å². The molecule has 126 valence electrons. The number of ether oxygens (including phenoxy) is 1. The molecule has 2 rings (SSSR count). The summed E-state index contributed by atoms with van der Waals surface area (Å²) in [5.41, 5.74) is -0.500. The van der Waals surface area contributed by atoms with Crippen molar-refractivity contribution < 1.29 is 19.4 Å². The van der Waals surface area contributed by atoms with Gasteiger partial charge in [0.1, 0.15) is 6.10 Å². The first-order valence-corrected chi connectivity index (χ1v) is 8.51. The summed E-state index contributed by atoms with van der Waals surface area (Å²) >= 11 is 0. The van der Waals surface area contributed by atoms with Crippen molar-refractivity contribution in [3.63, 3.8) is 0 Å². The number of carbonyl (C=O) groups is 2. The molecule has 1 aliphatic carbocycles. The molecule has 5 heteroatoms. The summed E-state index contributed by atoms with van der Waals surface area (Å²) in [4.78, 5) is 24.9. The molecule has 0 aromatic rings.